The molecule has 3 aromatic rings. The number of carbonyl (C=O) groups is 2. The summed E-state index contributed by atoms with van der Waals surface area (Å²) in [4.78, 5) is 29.2. The van der Waals surface area contributed by atoms with Gasteiger partial charge in [0.1, 0.15) is 5.69 Å². The number of benzene rings is 2. The Labute approximate surface area is 179 Å². The van der Waals surface area contributed by atoms with Crippen molar-refractivity contribution < 1.29 is 19.1 Å². The number of aromatic nitrogens is 1. The van der Waals surface area contributed by atoms with Gasteiger partial charge in [0, 0.05) is 17.8 Å². The summed E-state index contributed by atoms with van der Waals surface area (Å²) in [5.74, 6) is 0.354. The summed E-state index contributed by atoms with van der Waals surface area (Å²) in [7, 11) is 3.10. The van der Waals surface area contributed by atoms with Crippen LogP contribution < -0.4 is 20.1 Å². The van der Waals surface area contributed by atoms with Crippen molar-refractivity contribution >= 4 is 29.1 Å². The van der Waals surface area contributed by atoms with Crippen molar-refractivity contribution in [3.05, 3.63) is 82.6 Å². The minimum Gasteiger partial charge on any atom is -0.493 e. The minimum absolute atomic E-state index is 0.240. The molecule has 0 aliphatic heterocycles. The summed E-state index contributed by atoms with van der Waals surface area (Å²) >= 11 is 6.07. The molecule has 1 heterocycles. The van der Waals surface area contributed by atoms with E-state index in [2.05, 4.69) is 15.6 Å². The molecule has 0 radical (unpaired) electrons. The average Bonchev–Trinajstić information content (AvgIpc) is 2.78. The lowest BCUT2D eigenvalue weighted by atomic mass is 10.1. The third kappa shape index (κ3) is 5.07. The highest BCUT2D eigenvalue weighted by Gasteiger charge is 2.16. The van der Waals surface area contributed by atoms with E-state index in [1.165, 1.54) is 12.3 Å². The molecule has 2 N–H and O–H groups in total. The molecule has 3 rings (SSSR count). The molecule has 0 aliphatic rings. The molecule has 1 aromatic heterocycles. The van der Waals surface area contributed by atoms with Gasteiger partial charge < -0.3 is 20.1 Å². The maximum atomic E-state index is 12.8. The first-order valence-corrected chi connectivity index (χ1v) is 9.40. The van der Waals surface area contributed by atoms with Crippen molar-refractivity contribution in [1.82, 2.24) is 10.3 Å². The number of nitrogens with zero attached hydrogens (tertiary/aromatic N) is 1. The molecule has 0 saturated carbocycles. The molecule has 0 atom stereocenters. The molecule has 8 heteroatoms. The number of nitrogens with one attached hydrogen (secondary N) is 2. The van der Waals surface area contributed by atoms with Crippen LogP contribution in [0.2, 0.25) is 5.02 Å². The van der Waals surface area contributed by atoms with Crippen LogP contribution in [0.4, 0.5) is 5.69 Å². The summed E-state index contributed by atoms with van der Waals surface area (Å²) in [6.07, 6.45) is 1.52. The molecule has 0 saturated heterocycles. The van der Waals surface area contributed by atoms with E-state index in [-0.39, 0.29) is 23.7 Å². The van der Waals surface area contributed by atoms with Gasteiger partial charge in [0.2, 0.25) is 0 Å². The van der Waals surface area contributed by atoms with Crippen LogP contribution in [0.15, 0.2) is 60.8 Å². The van der Waals surface area contributed by atoms with Gasteiger partial charge in [0.15, 0.2) is 11.5 Å². The number of rotatable bonds is 7. The zero-order chi connectivity index (χ0) is 21.5. The van der Waals surface area contributed by atoms with Gasteiger partial charge in [-0.2, -0.15) is 0 Å². The Bertz CT molecular complexity index is 1060. The highest BCUT2D eigenvalue weighted by molar-refractivity contribution is 6.31. The molecule has 0 unspecified atom stereocenters. The van der Waals surface area contributed by atoms with E-state index in [1.807, 2.05) is 6.07 Å². The Balaban J connectivity index is 1.75. The molecule has 0 fully saturated rings. The number of methoxy groups -OCH3 is 2. The molecule has 2 amide bonds. The quantitative estimate of drug-likeness (QED) is 0.598. The number of hydrogen-bond acceptors (Lipinski definition) is 5. The van der Waals surface area contributed by atoms with Crippen LogP contribution >= 0.6 is 11.6 Å². The standard InChI is InChI=1S/C22H20ClN3O4/c1-29-19-9-6-14(11-20(19)30-2)13-25-21(27)16-12-15(23)7-8-17(16)26-22(28)18-5-3-4-10-24-18/h3-12H,13H2,1-2H3,(H,25,27)(H,26,28). The van der Waals surface area contributed by atoms with E-state index in [0.717, 1.165) is 5.56 Å². The fraction of sp³-hybridized carbons (Fsp3) is 0.136. The number of halogens is 1. The Kier molecular flexibility index (Phi) is 6.87. The second kappa shape index (κ2) is 9.76. The normalized spacial score (nSPS) is 10.2. The highest BCUT2D eigenvalue weighted by atomic mass is 35.5. The zero-order valence-electron chi connectivity index (χ0n) is 16.4. The van der Waals surface area contributed by atoms with Crippen LogP contribution in [-0.4, -0.2) is 31.0 Å². The van der Waals surface area contributed by atoms with E-state index >= 15 is 0 Å². The summed E-state index contributed by atoms with van der Waals surface area (Å²) in [6.45, 7) is 0.249. The third-order valence-electron chi connectivity index (χ3n) is 4.27. The molecule has 2 aromatic carbocycles. The lowest BCUT2D eigenvalue weighted by Crippen LogP contribution is -2.25. The van der Waals surface area contributed by atoms with Crippen molar-refractivity contribution in [3.63, 3.8) is 0 Å². The lowest BCUT2D eigenvalue weighted by Gasteiger charge is -2.13. The number of anilines is 1. The number of hydrogen-bond donors (Lipinski definition) is 2. The maximum Gasteiger partial charge on any atom is 0.274 e. The Morgan fingerprint density at radius 2 is 1.77 bits per heavy atom. The SMILES string of the molecule is COc1ccc(CNC(=O)c2cc(Cl)ccc2NC(=O)c2ccccn2)cc1OC. The van der Waals surface area contributed by atoms with Crippen LogP contribution in [0.1, 0.15) is 26.4 Å². The summed E-state index contributed by atoms with van der Waals surface area (Å²) < 4.78 is 10.5. The maximum absolute atomic E-state index is 12.8. The fourth-order valence-electron chi connectivity index (χ4n) is 2.76. The van der Waals surface area contributed by atoms with Crippen molar-refractivity contribution in [2.45, 2.75) is 6.54 Å². The van der Waals surface area contributed by atoms with Gasteiger partial charge in [-0.25, -0.2) is 0 Å². The third-order valence-corrected chi connectivity index (χ3v) is 4.51. The topological polar surface area (TPSA) is 89.6 Å². The summed E-state index contributed by atoms with van der Waals surface area (Å²) in [5, 5.41) is 5.91. The van der Waals surface area contributed by atoms with Gasteiger partial charge >= 0.3 is 0 Å². The van der Waals surface area contributed by atoms with Gasteiger partial charge in [0.25, 0.3) is 11.8 Å². The second-order valence-electron chi connectivity index (χ2n) is 6.23. The smallest absolute Gasteiger partial charge is 0.274 e. The van der Waals surface area contributed by atoms with E-state index < -0.39 is 5.91 Å². The van der Waals surface area contributed by atoms with Crippen LogP contribution in [0.5, 0.6) is 11.5 Å². The number of ether oxygens (including phenoxy) is 2. The largest absolute Gasteiger partial charge is 0.493 e. The predicted molar refractivity (Wildman–Crippen MR) is 114 cm³/mol. The van der Waals surface area contributed by atoms with Gasteiger partial charge in [-0.05, 0) is 48.0 Å². The molecule has 0 bridgehead atoms. The highest BCUT2D eigenvalue weighted by Crippen LogP contribution is 2.27. The Morgan fingerprint density at radius 1 is 0.967 bits per heavy atom. The van der Waals surface area contributed by atoms with E-state index in [1.54, 1.807) is 56.7 Å². The zero-order valence-corrected chi connectivity index (χ0v) is 17.2. The molecular weight excluding hydrogens is 406 g/mol. The van der Waals surface area contributed by atoms with Gasteiger partial charge in [-0.3, -0.25) is 14.6 Å². The Morgan fingerprint density at radius 3 is 2.47 bits per heavy atom. The van der Waals surface area contributed by atoms with Crippen molar-refractivity contribution in [1.29, 1.82) is 0 Å². The van der Waals surface area contributed by atoms with E-state index in [4.69, 9.17) is 21.1 Å². The van der Waals surface area contributed by atoms with Gasteiger partial charge in [-0.1, -0.05) is 23.7 Å². The number of pyridine rings is 1. The molecule has 7 nitrogen and oxygen atoms in total. The fourth-order valence-corrected chi connectivity index (χ4v) is 2.94. The second-order valence-corrected chi connectivity index (χ2v) is 6.67. The van der Waals surface area contributed by atoms with Gasteiger partial charge in [-0.15, -0.1) is 0 Å². The molecular formula is C22H20ClN3O4. The van der Waals surface area contributed by atoms with E-state index in [0.29, 0.717) is 22.2 Å². The number of carbonyl (C=O) groups excluding carboxylic acids is 2. The molecule has 30 heavy (non-hydrogen) atoms. The van der Waals surface area contributed by atoms with Crippen molar-refractivity contribution in [3.8, 4) is 11.5 Å². The van der Waals surface area contributed by atoms with E-state index in [9.17, 15) is 9.59 Å². The van der Waals surface area contributed by atoms with Crippen molar-refractivity contribution in [2.24, 2.45) is 0 Å². The first kappa shape index (κ1) is 21.1. The number of amides is 2. The van der Waals surface area contributed by atoms with Crippen LogP contribution in [0.3, 0.4) is 0 Å². The predicted octanol–water partition coefficient (Wildman–Crippen LogP) is 3.93. The minimum atomic E-state index is -0.424. The summed E-state index contributed by atoms with van der Waals surface area (Å²) in [5.41, 5.74) is 1.64. The first-order valence-electron chi connectivity index (χ1n) is 9.03. The first-order chi connectivity index (χ1) is 14.5. The summed E-state index contributed by atoms with van der Waals surface area (Å²) in [6, 6.07) is 15.0. The van der Waals surface area contributed by atoms with Crippen LogP contribution in [0.25, 0.3) is 0 Å². The van der Waals surface area contributed by atoms with Crippen LogP contribution in [-0.2, 0) is 6.54 Å². The Hall–Kier alpha value is -3.58. The monoisotopic (exact) mass is 425 g/mol. The van der Waals surface area contributed by atoms with Gasteiger partial charge in [0.05, 0.1) is 25.5 Å². The molecule has 0 aliphatic carbocycles. The van der Waals surface area contributed by atoms with Crippen LogP contribution in [0, 0.1) is 0 Å². The van der Waals surface area contributed by atoms with Crippen molar-refractivity contribution in [2.75, 3.05) is 19.5 Å². The lowest BCUT2D eigenvalue weighted by molar-refractivity contribution is 0.0951. The molecule has 0 spiro atoms. The molecule has 154 valence electrons. The average molecular weight is 426 g/mol.